The number of aryl methyl sites for hydroxylation is 1. The third-order valence-corrected chi connectivity index (χ3v) is 4.42. The number of nitrogens with zero attached hydrogens (tertiary/aromatic N) is 3. The molecule has 24 heavy (non-hydrogen) atoms. The van der Waals surface area contributed by atoms with E-state index in [0.29, 0.717) is 10.6 Å². The van der Waals surface area contributed by atoms with Crippen molar-refractivity contribution in [1.82, 2.24) is 25.4 Å². The zero-order valence-electron chi connectivity index (χ0n) is 13.4. The van der Waals surface area contributed by atoms with Gasteiger partial charge in [-0.2, -0.15) is 0 Å². The normalized spacial score (nSPS) is 17.9. The lowest BCUT2D eigenvalue weighted by Gasteiger charge is -2.24. The number of benzene rings is 1. The first-order valence-electron chi connectivity index (χ1n) is 7.92. The average molecular weight is 350 g/mol. The van der Waals surface area contributed by atoms with Crippen LogP contribution in [0.3, 0.4) is 0 Å². The fraction of sp³-hybridized carbons (Fsp3) is 0.438. The molecule has 1 aromatic carbocycles. The van der Waals surface area contributed by atoms with Gasteiger partial charge in [-0.25, -0.2) is 4.79 Å². The van der Waals surface area contributed by atoms with Gasteiger partial charge in [0.05, 0.1) is 12.1 Å². The van der Waals surface area contributed by atoms with Crippen LogP contribution in [0.4, 0.5) is 4.79 Å². The van der Waals surface area contributed by atoms with Gasteiger partial charge in [0, 0.05) is 18.1 Å². The number of halogens is 1. The van der Waals surface area contributed by atoms with Crippen LogP contribution in [0.5, 0.6) is 0 Å². The van der Waals surface area contributed by atoms with Crippen molar-refractivity contribution in [3.63, 3.8) is 0 Å². The molecule has 0 fully saturated rings. The fourth-order valence-corrected chi connectivity index (χ4v) is 2.98. The molecule has 2 aromatic rings. The summed E-state index contributed by atoms with van der Waals surface area (Å²) in [5, 5.41) is 24.5. The molecular formula is C16H20ClN5O2. The molecule has 1 aliphatic heterocycles. The molecule has 2 heterocycles. The minimum absolute atomic E-state index is 0.117. The fourth-order valence-electron chi connectivity index (χ4n) is 2.85. The number of aliphatic hydroxyl groups is 1. The molecule has 8 heteroatoms. The van der Waals surface area contributed by atoms with E-state index in [1.54, 1.807) is 24.3 Å². The second kappa shape index (κ2) is 7.19. The number of carbonyl (C=O) groups is 1. The monoisotopic (exact) mass is 349 g/mol. The number of aliphatic hydroxyl groups excluding tert-OH is 1. The van der Waals surface area contributed by atoms with E-state index in [-0.39, 0.29) is 18.6 Å². The van der Waals surface area contributed by atoms with E-state index >= 15 is 0 Å². The Balaban J connectivity index is 1.54. The number of hydrogen-bond acceptors (Lipinski definition) is 4. The van der Waals surface area contributed by atoms with Crippen LogP contribution in [0, 0.1) is 6.92 Å². The maximum absolute atomic E-state index is 12.1. The van der Waals surface area contributed by atoms with E-state index < -0.39 is 6.10 Å². The Morgan fingerprint density at radius 1 is 1.42 bits per heavy atom. The maximum atomic E-state index is 12.1. The van der Waals surface area contributed by atoms with E-state index in [0.717, 1.165) is 31.0 Å². The smallest absolute Gasteiger partial charge is 0.315 e. The number of aromatic nitrogens is 3. The maximum Gasteiger partial charge on any atom is 0.315 e. The predicted octanol–water partition coefficient (Wildman–Crippen LogP) is 2.11. The first-order chi connectivity index (χ1) is 11.5. The summed E-state index contributed by atoms with van der Waals surface area (Å²) in [6, 6.07) is 6.39. The zero-order valence-corrected chi connectivity index (χ0v) is 14.1. The minimum Gasteiger partial charge on any atom is -0.387 e. The highest BCUT2D eigenvalue weighted by Crippen LogP contribution is 2.23. The van der Waals surface area contributed by atoms with Crippen LogP contribution in [0.25, 0.3) is 0 Å². The van der Waals surface area contributed by atoms with Crippen molar-refractivity contribution < 1.29 is 9.90 Å². The zero-order chi connectivity index (χ0) is 17.1. The SMILES string of the molecule is Cc1nnc2n1CCCC2NC(=O)NCC(O)c1ccc(Cl)cc1. The standard InChI is InChI=1S/C16H20ClN5O2/c1-10-20-21-15-13(3-2-8-22(10)15)19-16(24)18-9-14(23)11-4-6-12(17)7-5-11/h4-7,13-14,23H,2-3,8-9H2,1H3,(H2,18,19,24). The Bertz CT molecular complexity index is 716. The van der Waals surface area contributed by atoms with Crippen LogP contribution >= 0.6 is 11.6 Å². The number of urea groups is 1. The van der Waals surface area contributed by atoms with Gasteiger partial charge in [-0.3, -0.25) is 0 Å². The second-order valence-corrected chi connectivity index (χ2v) is 6.31. The van der Waals surface area contributed by atoms with Crippen LogP contribution in [-0.4, -0.2) is 32.4 Å². The summed E-state index contributed by atoms with van der Waals surface area (Å²) >= 11 is 5.82. The van der Waals surface area contributed by atoms with Crippen molar-refractivity contribution in [1.29, 1.82) is 0 Å². The van der Waals surface area contributed by atoms with Crippen molar-refractivity contribution in [2.45, 2.75) is 38.5 Å². The Morgan fingerprint density at radius 2 is 2.17 bits per heavy atom. The summed E-state index contributed by atoms with van der Waals surface area (Å²) < 4.78 is 2.02. The first-order valence-corrected chi connectivity index (χ1v) is 8.30. The minimum atomic E-state index is -0.787. The lowest BCUT2D eigenvalue weighted by Crippen LogP contribution is -2.41. The molecule has 0 bridgehead atoms. The van der Waals surface area contributed by atoms with Crippen LogP contribution in [-0.2, 0) is 6.54 Å². The van der Waals surface area contributed by atoms with E-state index in [1.807, 2.05) is 11.5 Å². The molecule has 0 spiro atoms. The quantitative estimate of drug-likeness (QED) is 0.788. The number of carbonyl (C=O) groups excluding carboxylic acids is 1. The molecule has 3 rings (SSSR count). The van der Waals surface area contributed by atoms with Gasteiger partial charge in [-0.15, -0.1) is 10.2 Å². The van der Waals surface area contributed by atoms with E-state index in [9.17, 15) is 9.90 Å². The number of nitrogens with one attached hydrogen (secondary N) is 2. The number of rotatable bonds is 4. The van der Waals surface area contributed by atoms with E-state index in [1.165, 1.54) is 0 Å². The summed E-state index contributed by atoms with van der Waals surface area (Å²) in [6.07, 6.45) is 1.00. The lowest BCUT2D eigenvalue weighted by atomic mass is 10.1. The number of fused-ring (bicyclic) bond motifs is 1. The second-order valence-electron chi connectivity index (χ2n) is 5.87. The summed E-state index contributed by atoms with van der Waals surface area (Å²) in [7, 11) is 0. The van der Waals surface area contributed by atoms with Gasteiger partial charge < -0.3 is 20.3 Å². The highest BCUT2D eigenvalue weighted by Gasteiger charge is 2.25. The molecule has 2 unspecified atom stereocenters. The van der Waals surface area contributed by atoms with Crippen molar-refractivity contribution in [3.05, 3.63) is 46.5 Å². The van der Waals surface area contributed by atoms with Crippen molar-refractivity contribution in [2.75, 3.05) is 6.54 Å². The molecule has 0 saturated carbocycles. The van der Waals surface area contributed by atoms with Gasteiger partial charge in [-0.05, 0) is 37.5 Å². The highest BCUT2D eigenvalue weighted by atomic mass is 35.5. The van der Waals surface area contributed by atoms with Gasteiger partial charge in [0.25, 0.3) is 0 Å². The average Bonchev–Trinajstić information content (AvgIpc) is 2.96. The van der Waals surface area contributed by atoms with Crippen molar-refractivity contribution in [3.8, 4) is 0 Å². The molecule has 2 atom stereocenters. The van der Waals surface area contributed by atoms with Gasteiger partial charge >= 0.3 is 6.03 Å². The van der Waals surface area contributed by atoms with Gasteiger partial charge in [0.15, 0.2) is 5.82 Å². The number of hydrogen-bond donors (Lipinski definition) is 3. The molecule has 7 nitrogen and oxygen atoms in total. The van der Waals surface area contributed by atoms with Crippen LogP contribution in [0.15, 0.2) is 24.3 Å². The van der Waals surface area contributed by atoms with Crippen molar-refractivity contribution >= 4 is 17.6 Å². The summed E-state index contributed by atoms with van der Waals surface area (Å²) in [4.78, 5) is 12.1. The predicted molar refractivity (Wildman–Crippen MR) is 89.7 cm³/mol. The molecule has 0 saturated heterocycles. The van der Waals surface area contributed by atoms with E-state index in [2.05, 4.69) is 20.8 Å². The van der Waals surface area contributed by atoms with Gasteiger partial charge in [-0.1, -0.05) is 23.7 Å². The summed E-state index contributed by atoms with van der Waals surface area (Å²) in [6.45, 7) is 2.90. The molecule has 128 valence electrons. The van der Waals surface area contributed by atoms with Gasteiger partial charge in [0.2, 0.25) is 0 Å². The van der Waals surface area contributed by atoms with Crippen LogP contribution in [0.2, 0.25) is 5.02 Å². The summed E-state index contributed by atoms with van der Waals surface area (Å²) in [5.74, 6) is 1.64. The highest BCUT2D eigenvalue weighted by molar-refractivity contribution is 6.30. The molecule has 3 N–H and O–H groups in total. The Morgan fingerprint density at radius 3 is 2.92 bits per heavy atom. The topological polar surface area (TPSA) is 92.1 Å². The third kappa shape index (κ3) is 3.68. The Hall–Kier alpha value is -2.12. The Kier molecular flexibility index (Phi) is 5.01. The molecule has 1 aromatic heterocycles. The molecular weight excluding hydrogens is 330 g/mol. The molecule has 0 aliphatic carbocycles. The summed E-state index contributed by atoms with van der Waals surface area (Å²) in [5.41, 5.74) is 0.702. The van der Waals surface area contributed by atoms with Crippen LogP contribution in [0.1, 0.15) is 42.2 Å². The van der Waals surface area contributed by atoms with E-state index in [4.69, 9.17) is 11.6 Å². The lowest BCUT2D eigenvalue weighted by molar-refractivity contribution is 0.172. The first kappa shape index (κ1) is 16.7. The van der Waals surface area contributed by atoms with Gasteiger partial charge in [0.1, 0.15) is 5.82 Å². The number of amides is 2. The third-order valence-electron chi connectivity index (χ3n) is 4.17. The van der Waals surface area contributed by atoms with Crippen LogP contribution < -0.4 is 10.6 Å². The largest absolute Gasteiger partial charge is 0.387 e. The molecule has 1 aliphatic rings. The van der Waals surface area contributed by atoms with Crippen molar-refractivity contribution in [2.24, 2.45) is 0 Å². The Labute approximate surface area is 145 Å². The molecule has 2 amide bonds. The molecule has 0 radical (unpaired) electrons.